The number of rotatable bonds is 1. The molecule has 0 N–H and O–H groups in total. The molecule has 3 rings (SSSR count). The van der Waals surface area contributed by atoms with E-state index in [4.69, 9.17) is 0 Å². The Morgan fingerprint density at radius 3 is 2.11 bits per heavy atom. The van der Waals surface area contributed by atoms with E-state index in [0.29, 0.717) is 5.56 Å². The van der Waals surface area contributed by atoms with Crippen LogP contribution in [0.5, 0.6) is 0 Å². The second kappa shape index (κ2) is 4.62. The van der Waals surface area contributed by atoms with Gasteiger partial charge in [0.05, 0.1) is 0 Å². The van der Waals surface area contributed by atoms with Crippen LogP contribution in [0.3, 0.4) is 0 Å². The summed E-state index contributed by atoms with van der Waals surface area (Å²) in [4.78, 5) is 0. The number of hydrogen-bond donors (Lipinski definition) is 0. The van der Waals surface area contributed by atoms with Crippen LogP contribution in [0.15, 0.2) is 66.7 Å². The third kappa shape index (κ3) is 2.00. The first kappa shape index (κ1) is 11.5. The summed E-state index contributed by atoms with van der Waals surface area (Å²) < 4.78 is 0. The fourth-order valence-corrected chi connectivity index (χ4v) is 2.30. The van der Waals surface area contributed by atoms with E-state index in [1.165, 1.54) is 0 Å². The van der Waals surface area contributed by atoms with Gasteiger partial charge in [-0.1, -0.05) is 67.2 Å². The molecule has 0 fully saturated rings. The second-order valence-electron chi connectivity index (χ2n) is 4.51. The molecule has 0 heterocycles. The molecule has 0 aromatic heterocycles. The quantitative estimate of drug-likeness (QED) is 0.628. The van der Waals surface area contributed by atoms with Crippen molar-refractivity contribution in [3.8, 4) is 0 Å². The number of fused-ring (bicyclic) bond motifs is 1. The van der Waals surface area contributed by atoms with Gasteiger partial charge in [0.2, 0.25) is 0 Å². The lowest BCUT2D eigenvalue weighted by molar-refractivity contribution is 0.386. The van der Waals surface area contributed by atoms with Gasteiger partial charge in [-0.15, -0.1) is 0 Å². The van der Waals surface area contributed by atoms with Gasteiger partial charge in [-0.05, 0) is 22.1 Å². The molecule has 3 aromatic rings. The van der Waals surface area contributed by atoms with Crippen LogP contribution in [-0.2, 0) is 5.11 Å². The van der Waals surface area contributed by atoms with Crippen LogP contribution in [0.4, 0.5) is 0 Å². The Labute approximate surface area is 111 Å². The van der Waals surface area contributed by atoms with Gasteiger partial charge in [0.1, 0.15) is 0 Å². The predicted octanol–water partition coefficient (Wildman–Crippen LogP) is 2.84. The molecule has 1 nitrogen and oxygen atoms in total. The maximum atomic E-state index is 12.6. The van der Waals surface area contributed by atoms with Crippen LogP contribution in [0.1, 0.15) is 5.56 Å². The molecule has 0 aliphatic rings. The van der Waals surface area contributed by atoms with Gasteiger partial charge in [0.25, 0.3) is 0 Å². The van der Waals surface area contributed by atoms with E-state index in [1.54, 1.807) is 0 Å². The number of hydrogen-bond acceptors (Lipinski definition) is 0. The van der Waals surface area contributed by atoms with Crippen molar-refractivity contribution in [3.63, 3.8) is 0 Å². The molecule has 0 aliphatic heterocycles. The average Bonchev–Trinajstić information content (AvgIpc) is 2.48. The molecular weight excluding hydrogens is 232 g/mol. The molecule has 91 valence electrons. The zero-order valence-electron chi connectivity index (χ0n) is 10.5. The van der Waals surface area contributed by atoms with Crippen LogP contribution in [-0.4, -0.2) is 0 Å². The van der Waals surface area contributed by atoms with Gasteiger partial charge in [-0.2, -0.15) is 0 Å². The first-order valence-corrected chi connectivity index (χ1v) is 6.21. The van der Waals surface area contributed by atoms with Gasteiger partial charge >= 0.3 is 0 Å². The fourth-order valence-electron chi connectivity index (χ4n) is 2.30. The van der Waals surface area contributed by atoms with E-state index in [0.717, 1.165) is 21.2 Å². The Morgan fingerprint density at radius 1 is 0.737 bits per heavy atom. The first-order valence-electron chi connectivity index (χ1n) is 6.21. The van der Waals surface area contributed by atoms with Gasteiger partial charge in [0, 0.05) is 10.8 Å². The Morgan fingerprint density at radius 2 is 1.37 bits per heavy atom. The molecule has 0 unspecified atom stereocenters. The maximum absolute atomic E-state index is 12.6. The molecule has 0 amide bonds. The second-order valence-corrected chi connectivity index (χ2v) is 4.51. The van der Waals surface area contributed by atoms with Crippen molar-refractivity contribution in [1.29, 1.82) is 0 Å². The molecular formula is C18H13O. The Hall–Kier alpha value is -2.54. The van der Waals surface area contributed by atoms with E-state index < -0.39 is 0 Å². The van der Waals surface area contributed by atoms with Crippen molar-refractivity contribution < 1.29 is 5.11 Å². The summed E-state index contributed by atoms with van der Waals surface area (Å²) in [5.41, 5.74) is 0.712. The van der Waals surface area contributed by atoms with E-state index in [9.17, 15) is 5.11 Å². The van der Waals surface area contributed by atoms with Gasteiger partial charge in [0.15, 0.2) is 5.76 Å². The Kier molecular flexibility index (Phi) is 2.81. The Bertz CT molecular complexity index is 832. The monoisotopic (exact) mass is 245 g/mol. The van der Waals surface area contributed by atoms with Crippen LogP contribution >= 0.6 is 0 Å². The molecule has 0 atom stereocenters. The van der Waals surface area contributed by atoms with Crippen molar-refractivity contribution in [1.82, 2.24) is 0 Å². The van der Waals surface area contributed by atoms with E-state index in [2.05, 4.69) is 6.58 Å². The SMILES string of the molecule is C=c1ccc(=C([O])c2ccccc2)c2ccccc12. The highest BCUT2D eigenvalue weighted by Crippen LogP contribution is 2.11. The van der Waals surface area contributed by atoms with Gasteiger partial charge < -0.3 is 0 Å². The zero-order chi connectivity index (χ0) is 13.2. The zero-order valence-corrected chi connectivity index (χ0v) is 10.5. The molecule has 1 heteroatoms. The van der Waals surface area contributed by atoms with Crippen molar-refractivity contribution in [2.75, 3.05) is 0 Å². The molecule has 1 radical (unpaired) electrons. The molecule has 0 spiro atoms. The minimum absolute atomic E-state index is 0.0526. The molecule has 0 aliphatic carbocycles. The molecule has 0 saturated carbocycles. The minimum Gasteiger partial charge on any atom is -0.289 e. The minimum atomic E-state index is 0.0526. The van der Waals surface area contributed by atoms with Crippen LogP contribution < -0.4 is 10.4 Å². The highest BCUT2D eigenvalue weighted by Gasteiger charge is 2.05. The summed E-state index contributed by atoms with van der Waals surface area (Å²) in [6, 6.07) is 21.0. The summed E-state index contributed by atoms with van der Waals surface area (Å²) in [5, 5.41) is 16.2. The van der Waals surface area contributed by atoms with E-state index >= 15 is 0 Å². The largest absolute Gasteiger partial charge is 0.289 e. The molecule has 0 saturated heterocycles. The molecule has 3 aromatic carbocycles. The smallest absolute Gasteiger partial charge is 0.193 e. The third-order valence-corrected chi connectivity index (χ3v) is 3.29. The maximum Gasteiger partial charge on any atom is 0.193 e. The predicted molar refractivity (Wildman–Crippen MR) is 78.4 cm³/mol. The summed E-state index contributed by atoms with van der Waals surface area (Å²) >= 11 is 0. The molecule has 0 bridgehead atoms. The van der Waals surface area contributed by atoms with Crippen molar-refractivity contribution >= 4 is 23.1 Å². The lowest BCUT2D eigenvalue weighted by Crippen LogP contribution is -2.13. The molecule has 19 heavy (non-hydrogen) atoms. The summed E-state index contributed by atoms with van der Waals surface area (Å²) in [5.74, 6) is 0.0526. The number of benzene rings is 3. The summed E-state index contributed by atoms with van der Waals surface area (Å²) in [6.07, 6.45) is 0. The normalized spacial score (nSPS) is 12.4. The topological polar surface area (TPSA) is 19.9 Å². The van der Waals surface area contributed by atoms with Crippen LogP contribution in [0.2, 0.25) is 0 Å². The third-order valence-electron chi connectivity index (χ3n) is 3.29. The lowest BCUT2D eigenvalue weighted by Gasteiger charge is -2.02. The average molecular weight is 245 g/mol. The summed E-state index contributed by atoms with van der Waals surface area (Å²) in [7, 11) is 0. The van der Waals surface area contributed by atoms with Crippen molar-refractivity contribution in [2.24, 2.45) is 0 Å². The standard InChI is InChI=1S/C18H13O/c1-13-11-12-17(16-10-6-5-9-15(13)16)18(19)14-7-3-2-4-8-14/h2-12H,1H2. The lowest BCUT2D eigenvalue weighted by atomic mass is 10.0. The summed E-state index contributed by atoms with van der Waals surface area (Å²) in [6.45, 7) is 4.01. The van der Waals surface area contributed by atoms with Gasteiger partial charge in [-0.25, -0.2) is 0 Å². The van der Waals surface area contributed by atoms with E-state index in [-0.39, 0.29) is 5.76 Å². The van der Waals surface area contributed by atoms with Crippen molar-refractivity contribution in [2.45, 2.75) is 0 Å². The van der Waals surface area contributed by atoms with Gasteiger partial charge in [-0.3, -0.25) is 5.11 Å². The van der Waals surface area contributed by atoms with Crippen molar-refractivity contribution in [3.05, 3.63) is 82.7 Å². The fraction of sp³-hybridized carbons (Fsp3) is 0. The van der Waals surface area contributed by atoms with Crippen LogP contribution in [0, 0.1) is 0 Å². The first-order chi connectivity index (χ1) is 9.27. The highest BCUT2D eigenvalue weighted by molar-refractivity contribution is 5.85. The van der Waals surface area contributed by atoms with Crippen LogP contribution in [0.25, 0.3) is 23.1 Å². The highest BCUT2D eigenvalue weighted by atomic mass is 16.3. The Balaban J connectivity index is 2.44. The van der Waals surface area contributed by atoms with E-state index in [1.807, 2.05) is 66.7 Å².